The Bertz CT molecular complexity index is 1420. The number of nitriles is 1. The van der Waals surface area contributed by atoms with Gasteiger partial charge in [-0.15, -0.1) is 0 Å². The largest absolute Gasteiger partial charge is 0.421 e. The van der Waals surface area contributed by atoms with Crippen LogP contribution in [0.2, 0.25) is 0 Å². The van der Waals surface area contributed by atoms with E-state index in [9.17, 15) is 14.9 Å². The van der Waals surface area contributed by atoms with Crippen LogP contribution in [0, 0.1) is 11.3 Å². The molecular formula is C27H27N5O4. The Labute approximate surface area is 207 Å². The zero-order valence-electron chi connectivity index (χ0n) is 19.7. The first-order valence-electron chi connectivity index (χ1n) is 12.0. The van der Waals surface area contributed by atoms with Gasteiger partial charge in [-0.05, 0) is 53.9 Å². The van der Waals surface area contributed by atoms with Crippen molar-refractivity contribution in [3.05, 3.63) is 83.1 Å². The van der Waals surface area contributed by atoms with E-state index < -0.39 is 17.9 Å². The van der Waals surface area contributed by atoms with E-state index in [4.69, 9.17) is 9.15 Å². The number of aromatic nitrogens is 2. The molecule has 184 valence electrons. The van der Waals surface area contributed by atoms with Gasteiger partial charge in [0, 0.05) is 32.0 Å². The summed E-state index contributed by atoms with van der Waals surface area (Å²) in [4.78, 5) is 24.9. The smallest absolute Gasteiger partial charge is 0.408 e. The van der Waals surface area contributed by atoms with E-state index in [1.54, 1.807) is 10.6 Å². The van der Waals surface area contributed by atoms with E-state index >= 15 is 0 Å². The number of amides is 1. The van der Waals surface area contributed by atoms with Gasteiger partial charge in [0.05, 0.1) is 11.6 Å². The molecule has 0 aliphatic carbocycles. The van der Waals surface area contributed by atoms with Crippen LogP contribution in [0.15, 0.2) is 76.2 Å². The average molecular weight is 486 g/mol. The predicted molar refractivity (Wildman–Crippen MR) is 134 cm³/mol. The minimum atomic E-state index is -0.652. The lowest BCUT2D eigenvalue weighted by atomic mass is 10.0. The van der Waals surface area contributed by atoms with E-state index in [2.05, 4.69) is 16.7 Å². The van der Waals surface area contributed by atoms with E-state index in [1.807, 2.05) is 65.5 Å². The molecule has 1 saturated heterocycles. The van der Waals surface area contributed by atoms with Crippen molar-refractivity contribution in [2.45, 2.75) is 31.7 Å². The number of ether oxygens (including phenoxy) is 1. The van der Waals surface area contributed by atoms with Crippen molar-refractivity contribution in [2.75, 3.05) is 19.7 Å². The van der Waals surface area contributed by atoms with Gasteiger partial charge >= 0.3 is 5.76 Å². The maximum atomic E-state index is 12.5. The van der Waals surface area contributed by atoms with Crippen LogP contribution < -0.4 is 16.4 Å². The molecule has 3 heterocycles. The van der Waals surface area contributed by atoms with E-state index in [-0.39, 0.29) is 5.91 Å². The molecule has 0 bridgehead atoms. The van der Waals surface area contributed by atoms with Gasteiger partial charge in [-0.25, -0.2) is 4.79 Å². The fourth-order valence-electron chi connectivity index (χ4n) is 4.35. The third kappa shape index (κ3) is 5.25. The molecule has 5 rings (SSSR count). The number of fused-ring (bicyclic) bond motifs is 1. The summed E-state index contributed by atoms with van der Waals surface area (Å²) in [6.07, 6.45) is 4.45. The second-order valence-electron chi connectivity index (χ2n) is 8.83. The number of benzene rings is 2. The molecule has 1 aliphatic heterocycles. The predicted octanol–water partition coefficient (Wildman–Crippen LogP) is 2.50. The highest BCUT2D eigenvalue weighted by molar-refractivity contribution is 5.82. The minimum Gasteiger partial charge on any atom is -0.408 e. The Hall–Kier alpha value is -4.13. The fourth-order valence-corrected chi connectivity index (χ4v) is 4.35. The molecular weight excluding hydrogens is 458 g/mol. The van der Waals surface area contributed by atoms with Crippen molar-refractivity contribution in [1.29, 1.82) is 5.26 Å². The first kappa shape index (κ1) is 23.6. The summed E-state index contributed by atoms with van der Waals surface area (Å²) in [6, 6.07) is 18.8. The van der Waals surface area contributed by atoms with Crippen molar-refractivity contribution in [3.8, 4) is 17.2 Å². The summed E-state index contributed by atoms with van der Waals surface area (Å²) in [6.45, 7) is 2.15. The molecule has 2 atom stereocenters. The molecule has 2 N–H and O–H groups in total. The molecule has 4 aromatic rings. The van der Waals surface area contributed by atoms with E-state index in [1.165, 1.54) is 0 Å². The van der Waals surface area contributed by atoms with E-state index in [0.717, 1.165) is 35.2 Å². The standard InChI is InChI=1S/C27H27N5O4/c28-16-22(30-26(33)25-17-29-10-3-13-35-25)14-19-4-6-20(7-5-19)21-8-9-24-23(15-21)32(27(34)36-24)18-31-11-1-2-12-31/h1-2,4-9,11-12,15,22,25,29H,3,10,13-14,17-18H2,(H,30,33). The Kier molecular flexibility index (Phi) is 6.98. The summed E-state index contributed by atoms with van der Waals surface area (Å²) in [5.41, 5.74) is 4.10. The summed E-state index contributed by atoms with van der Waals surface area (Å²) < 4.78 is 14.5. The Balaban J connectivity index is 1.29. The lowest BCUT2D eigenvalue weighted by Crippen LogP contribution is -2.46. The van der Waals surface area contributed by atoms with Crippen LogP contribution >= 0.6 is 0 Å². The number of rotatable bonds is 7. The quantitative estimate of drug-likeness (QED) is 0.416. The molecule has 9 nitrogen and oxygen atoms in total. The lowest BCUT2D eigenvalue weighted by Gasteiger charge is -2.18. The summed E-state index contributed by atoms with van der Waals surface area (Å²) >= 11 is 0. The molecule has 9 heteroatoms. The molecule has 1 aliphatic rings. The normalized spacial score (nSPS) is 16.8. The highest BCUT2D eigenvalue weighted by atomic mass is 16.5. The maximum Gasteiger partial charge on any atom is 0.421 e. The minimum absolute atomic E-state index is 0.271. The van der Waals surface area contributed by atoms with Crippen molar-refractivity contribution in [3.63, 3.8) is 0 Å². The summed E-state index contributed by atoms with van der Waals surface area (Å²) in [5, 5.41) is 15.6. The van der Waals surface area contributed by atoms with Gasteiger partial charge in [-0.1, -0.05) is 30.3 Å². The topological polar surface area (TPSA) is 114 Å². The molecule has 2 aromatic carbocycles. The van der Waals surface area contributed by atoms with Gasteiger partial charge in [0.2, 0.25) is 0 Å². The number of nitrogens with one attached hydrogen (secondary N) is 2. The van der Waals surface area contributed by atoms with Gasteiger partial charge in [0.1, 0.15) is 18.8 Å². The Morgan fingerprint density at radius 1 is 1.17 bits per heavy atom. The summed E-state index contributed by atoms with van der Waals surface area (Å²) in [5.74, 6) is -0.673. The third-order valence-corrected chi connectivity index (χ3v) is 6.28. The SMILES string of the molecule is N#CC(Cc1ccc(-c2ccc3oc(=O)n(Cn4cccc4)c3c2)cc1)NC(=O)C1CNCCCO1. The molecule has 1 amide bonds. The molecule has 0 spiro atoms. The number of hydrogen-bond acceptors (Lipinski definition) is 6. The number of hydrogen-bond donors (Lipinski definition) is 2. The molecule has 2 unspecified atom stereocenters. The van der Waals surface area contributed by atoms with Crippen LogP contribution in [0.3, 0.4) is 0 Å². The zero-order chi connectivity index (χ0) is 24.9. The number of carbonyl (C=O) groups is 1. The number of nitrogens with zero attached hydrogens (tertiary/aromatic N) is 3. The van der Waals surface area contributed by atoms with Crippen LogP contribution in [0.5, 0.6) is 0 Å². The van der Waals surface area contributed by atoms with Crippen LogP contribution in [0.1, 0.15) is 12.0 Å². The highest BCUT2D eigenvalue weighted by Crippen LogP contribution is 2.25. The fraction of sp³-hybridized carbons (Fsp3) is 0.296. The Morgan fingerprint density at radius 2 is 1.94 bits per heavy atom. The van der Waals surface area contributed by atoms with E-state index in [0.29, 0.717) is 31.8 Å². The summed E-state index contributed by atoms with van der Waals surface area (Å²) in [7, 11) is 0. The van der Waals surface area contributed by atoms with Gasteiger partial charge in [-0.3, -0.25) is 9.36 Å². The van der Waals surface area contributed by atoms with Crippen LogP contribution in [-0.2, 0) is 22.6 Å². The van der Waals surface area contributed by atoms with Crippen molar-refractivity contribution in [1.82, 2.24) is 19.8 Å². The zero-order valence-corrected chi connectivity index (χ0v) is 19.7. The molecule has 1 fully saturated rings. The van der Waals surface area contributed by atoms with Gasteiger partial charge in [0.25, 0.3) is 5.91 Å². The van der Waals surface area contributed by atoms with Crippen LogP contribution in [0.25, 0.3) is 22.2 Å². The first-order chi connectivity index (χ1) is 17.6. The molecule has 0 radical (unpaired) electrons. The van der Waals surface area contributed by atoms with Crippen molar-refractivity contribution >= 4 is 17.0 Å². The Morgan fingerprint density at radius 3 is 2.72 bits per heavy atom. The molecule has 0 saturated carbocycles. The average Bonchev–Trinajstić information content (AvgIpc) is 3.41. The molecule has 36 heavy (non-hydrogen) atoms. The van der Waals surface area contributed by atoms with Gasteiger partial charge in [-0.2, -0.15) is 5.26 Å². The number of carbonyl (C=O) groups excluding carboxylic acids is 1. The van der Waals surface area contributed by atoms with Crippen molar-refractivity contribution < 1.29 is 13.9 Å². The maximum absolute atomic E-state index is 12.5. The van der Waals surface area contributed by atoms with Crippen molar-refractivity contribution in [2.24, 2.45) is 0 Å². The second kappa shape index (κ2) is 10.6. The lowest BCUT2D eigenvalue weighted by molar-refractivity contribution is -0.132. The van der Waals surface area contributed by atoms with Gasteiger partial charge < -0.3 is 24.4 Å². The number of oxazole rings is 1. The highest BCUT2D eigenvalue weighted by Gasteiger charge is 2.23. The monoisotopic (exact) mass is 485 g/mol. The molecule has 2 aromatic heterocycles. The first-order valence-corrected chi connectivity index (χ1v) is 12.0. The van der Waals surface area contributed by atoms with Gasteiger partial charge in [0.15, 0.2) is 5.58 Å². The van der Waals surface area contributed by atoms with Crippen LogP contribution in [0.4, 0.5) is 0 Å². The third-order valence-electron chi connectivity index (χ3n) is 6.28. The van der Waals surface area contributed by atoms with Crippen LogP contribution in [-0.4, -0.2) is 46.9 Å². The second-order valence-corrected chi connectivity index (χ2v) is 8.83.